The predicted molar refractivity (Wildman–Crippen MR) is 91.3 cm³/mol. The number of hydrogen-bond acceptors (Lipinski definition) is 5. The molecule has 0 radical (unpaired) electrons. The van der Waals surface area contributed by atoms with Crippen LogP contribution >= 0.6 is 0 Å². The molecule has 4 bridgehead atoms. The summed E-state index contributed by atoms with van der Waals surface area (Å²) in [4.78, 5) is 36.0. The Morgan fingerprint density at radius 3 is 2.31 bits per heavy atom. The third-order valence-electron chi connectivity index (χ3n) is 6.08. The highest BCUT2D eigenvalue weighted by Gasteiger charge is 2.51. The standard InChI is InChI=1S/C19H24N2O5/c1-11-15(2-3-25-11)17(23)26-10-16(22)20-18(24)21-19-7-12-4-13(8-19)6-14(5-12)9-19/h2-3,12-14H,4-10H2,1H3,(H2,20,21,22,24). The van der Waals surface area contributed by atoms with E-state index in [1.807, 2.05) is 0 Å². The van der Waals surface area contributed by atoms with Crippen LogP contribution in [0.3, 0.4) is 0 Å². The zero-order chi connectivity index (χ0) is 18.3. The Kier molecular flexibility index (Phi) is 4.25. The van der Waals surface area contributed by atoms with Gasteiger partial charge in [-0.25, -0.2) is 9.59 Å². The van der Waals surface area contributed by atoms with E-state index in [0.717, 1.165) is 19.3 Å². The van der Waals surface area contributed by atoms with Gasteiger partial charge in [-0.2, -0.15) is 0 Å². The number of aryl methyl sites for hydroxylation is 1. The highest BCUT2D eigenvalue weighted by Crippen LogP contribution is 2.55. The molecule has 1 aromatic heterocycles. The monoisotopic (exact) mass is 360 g/mol. The first-order chi connectivity index (χ1) is 12.4. The zero-order valence-electron chi connectivity index (χ0n) is 14.9. The van der Waals surface area contributed by atoms with E-state index in [-0.39, 0.29) is 11.1 Å². The van der Waals surface area contributed by atoms with E-state index in [1.54, 1.807) is 6.92 Å². The Labute approximate surface area is 151 Å². The number of rotatable bonds is 4. The fraction of sp³-hybridized carbons (Fsp3) is 0.632. The first kappa shape index (κ1) is 17.1. The Balaban J connectivity index is 1.26. The van der Waals surface area contributed by atoms with Gasteiger partial charge in [0.15, 0.2) is 6.61 Å². The number of esters is 1. The van der Waals surface area contributed by atoms with Gasteiger partial charge in [0.05, 0.1) is 6.26 Å². The SMILES string of the molecule is Cc1occc1C(=O)OCC(=O)NC(=O)NC12CC3CC(CC(C3)C1)C2. The largest absolute Gasteiger partial charge is 0.469 e. The number of urea groups is 1. The number of hydrogen-bond donors (Lipinski definition) is 2. The zero-order valence-corrected chi connectivity index (χ0v) is 14.9. The Hall–Kier alpha value is -2.31. The summed E-state index contributed by atoms with van der Waals surface area (Å²) in [6, 6.07) is 0.988. The topological polar surface area (TPSA) is 97.6 Å². The van der Waals surface area contributed by atoms with Crippen LogP contribution in [0, 0.1) is 24.7 Å². The second-order valence-corrected chi connectivity index (χ2v) is 8.17. The number of furan rings is 1. The van der Waals surface area contributed by atoms with Crippen LogP contribution in [0.2, 0.25) is 0 Å². The van der Waals surface area contributed by atoms with Gasteiger partial charge < -0.3 is 14.5 Å². The number of amides is 3. The second-order valence-electron chi connectivity index (χ2n) is 8.17. The Morgan fingerprint density at radius 2 is 1.77 bits per heavy atom. The molecule has 0 unspecified atom stereocenters. The van der Waals surface area contributed by atoms with Crippen LogP contribution in [-0.2, 0) is 9.53 Å². The molecule has 0 atom stereocenters. The molecule has 0 aromatic carbocycles. The lowest BCUT2D eigenvalue weighted by Gasteiger charge is -2.56. The van der Waals surface area contributed by atoms with Gasteiger partial charge in [0.1, 0.15) is 11.3 Å². The minimum atomic E-state index is -0.645. The number of ether oxygens (including phenoxy) is 1. The normalized spacial score (nSPS) is 31.5. The lowest BCUT2D eigenvalue weighted by Crippen LogP contribution is -2.62. The van der Waals surface area contributed by atoms with Crippen molar-refractivity contribution in [2.45, 2.75) is 51.0 Å². The van der Waals surface area contributed by atoms with E-state index < -0.39 is 24.5 Å². The van der Waals surface area contributed by atoms with Gasteiger partial charge in [0, 0.05) is 5.54 Å². The summed E-state index contributed by atoms with van der Waals surface area (Å²) in [6.07, 6.45) is 8.26. The average Bonchev–Trinajstić information content (AvgIpc) is 2.96. The van der Waals surface area contributed by atoms with Crippen LogP contribution in [0.15, 0.2) is 16.7 Å². The number of nitrogens with one attached hydrogen (secondary N) is 2. The molecule has 5 rings (SSSR count). The van der Waals surface area contributed by atoms with Crippen LogP contribution in [0.1, 0.15) is 54.6 Å². The first-order valence-corrected chi connectivity index (χ1v) is 9.26. The second kappa shape index (κ2) is 6.45. The molecule has 0 spiro atoms. The Morgan fingerprint density at radius 1 is 1.15 bits per heavy atom. The van der Waals surface area contributed by atoms with Gasteiger partial charge in [-0.1, -0.05) is 0 Å². The summed E-state index contributed by atoms with van der Waals surface area (Å²) in [5.41, 5.74) is 0.111. The minimum Gasteiger partial charge on any atom is -0.469 e. The highest BCUT2D eigenvalue weighted by atomic mass is 16.5. The maximum Gasteiger partial charge on any atom is 0.342 e. The molecule has 4 aliphatic rings. The predicted octanol–water partition coefficient (Wildman–Crippen LogP) is 2.54. The van der Waals surface area contributed by atoms with E-state index in [2.05, 4.69) is 10.6 Å². The van der Waals surface area contributed by atoms with Crippen LogP contribution in [0.25, 0.3) is 0 Å². The molecule has 3 amide bonds. The molecule has 1 heterocycles. The summed E-state index contributed by atoms with van der Waals surface area (Å²) in [6.45, 7) is 1.13. The van der Waals surface area contributed by atoms with Gasteiger partial charge >= 0.3 is 12.0 Å². The first-order valence-electron chi connectivity index (χ1n) is 9.26. The molecule has 0 saturated heterocycles. The van der Waals surface area contributed by atoms with E-state index in [0.29, 0.717) is 23.5 Å². The molecule has 140 valence electrons. The summed E-state index contributed by atoms with van der Waals surface area (Å²) in [5, 5.41) is 5.33. The fourth-order valence-corrected chi connectivity index (χ4v) is 5.50. The van der Waals surface area contributed by atoms with E-state index in [9.17, 15) is 14.4 Å². The van der Waals surface area contributed by atoms with Crippen molar-refractivity contribution in [3.8, 4) is 0 Å². The number of imide groups is 1. The molecule has 7 heteroatoms. The molecule has 4 aliphatic carbocycles. The molecule has 4 saturated carbocycles. The maximum absolute atomic E-state index is 12.3. The van der Waals surface area contributed by atoms with E-state index in [1.165, 1.54) is 31.6 Å². The molecule has 26 heavy (non-hydrogen) atoms. The van der Waals surface area contributed by atoms with Crippen molar-refractivity contribution < 1.29 is 23.5 Å². The van der Waals surface area contributed by atoms with Gasteiger partial charge in [-0.15, -0.1) is 0 Å². The van der Waals surface area contributed by atoms with Crippen LogP contribution in [-0.4, -0.2) is 30.1 Å². The minimum absolute atomic E-state index is 0.163. The van der Waals surface area contributed by atoms with Crippen molar-refractivity contribution in [3.05, 3.63) is 23.7 Å². The lowest BCUT2D eigenvalue weighted by molar-refractivity contribution is -0.123. The third-order valence-corrected chi connectivity index (χ3v) is 6.08. The van der Waals surface area contributed by atoms with Crippen molar-refractivity contribution in [2.75, 3.05) is 6.61 Å². The molecule has 4 fully saturated rings. The molecule has 2 N–H and O–H groups in total. The maximum atomic E-state index is 12.3. The number of carbonyl (C=O) groups excluding carboxylic acids is 3. The molecule has 0 aliphatic heterocycles. The Bertz CT molecular complexity index is 703. The summed E-state index contributed by atoms with van der Waals surface area (Å²) >= 11 is 0. The summed E-state index contributed by atoms with van der Waals surface area (Å²) in [5.74, 6) is 1.26. The summed E-state index contributed by atoms with van der Waals surface area (Å²) in [7, 11) is 0. The van der Waals surface area contributed by atoms with E-state index >= 15 is 0 Å². The highest BCUT2D eigenvalue weighted by molar-refractivity contribution is 5.97. The average molecular weight is 360 g/mol. The van der Waals surface area contributed by atoms with Crippen molar-refractivity contribution in [3.63, 3.8) is 0 Å². The van der Waals surface area contributed by atoms with Crippen molar-refractivity contribution >= 4 is 17.9 Å². The van der Waals surface area contributed by atoms with Gasteiger partial charge in [0.2, 0.25) is 0 Å². The van der Waals surface area contributed by atoms with Crippen LogP contribution in [0.5, 0.6) is 0 Å². The lowest BCUT2D eigenvalue weighted by atomic mass is 9.53. The number of carbonyl (C=O) groups is 3. The molecular weight excluding hydrogens is 336 g/mol. The van der Waals surface area contributed by atoms with Gasteiger partial charge in [0.25, 0.3) is 5.91 Å². The third kappa shape index (κ3) is 3.34. The quantitative estimate of drug-likeness (QED) is 0.804. The summed E-state index contributed by atoms with van der Waals surface area (Å²) < 4.78 is 9.96. The van der Waals surface area contributed by atoms with Gasteiger partial charge in [-0.05, 0) is 69.3 Å². The van der Waals surface area contributed by atoms with Crippen molar-refractivity contribution in [1.82, 2.24) is 10.6 Å². The molecular formula is C19H24N2O5. The van der Waals surface area contributed by atoms with Gasteiger partial charge in [-0.3, -0.25) is 10.1 Å². The molecule has 1 aromatic rings. The van der Waals surface area contributed by atoms with E-state index in [4.69, 9.17) is 9.15 Å². The molecule has 7 nitrogen and oxygen atoms in total. The van der Waals surface area contributed by atoms with Crippen molar-refractivity contribution in [1.29, 1.82) is 0 Å². The van der Waals surface area contributed by atoms with Crippen LogP contribution in [0.4, 0.5) is 4.79 Å². The fourth-order valence-electron chi connectivity index (χ4n) is 5.50. The van der Waals surface area contributed by atoms with Crippen molar-refractivity contribution in [2.24, 2.45) is 17.8 Å². The van der Waals surface area contributed by atoms with Crippen LogP contribution < -0.4 is 10.6 Å². The smallest absolute Gasteiger partial charge is 0.342 e.